The summed E-state index contributed by atoms with van der Waals surface area (Å²) in [4.78, 5) is 0.482. The monoisotopic (exact) mass is 464 g/mol. The van der Waals surface area contributed by atoms with Crippen LogP contribution in [-0.4, -0.2) is 18.5 Å². The summed E-state index contributed by atoms with van der Waals surface area (Å²) in [5, 5.41) is 0.716. The lowest BCUT2D eigenvalue weighted by molar-refractivity contribution is -0.0869. The molecule has 0 saturated carbocycles. The Balaban J connectivity index is 0.000000447. The molecule has 0 aliphatic carbocycles. The fraction of sp³-hybridized carbons (Fsp3) is 0.556. The van der Waals surface area contributed by atoms with E-state index in [4.69, 9.17) is 13.0 Å². The van der Waals surface area contributed by atoms with Crippen LogP contribution in [0.4, 0.5) is 26.3 Å². The first-order chi connectivity index (χ1) is 12.6. The molecule has 1 unspecified atom stereocenters. The minimum atomic E-state index is -6.09. The molecule has 0 amide bonds. The van der Waals surface area contributed by atoms with Crippen LogP contribution in [0.1, 0.15) is 52.0 Å². The van der Waals surface area contributed by atoms with Crippen LogP contribution in [0.5, 0.6) is 0 Å². The molecule has 0 fully saturated rings. The number of halogens is 6. The van der Waals surface area contributed by atoms with Crippen LogP contribution in [0.2, 0.25) is 0 Å². The van der Waals surface area contributed by atoms with Crippen LogP contribution in [-0.2, 0) is 26.5 Å². The molecule has 0 N–H and O–H groups in total. The second-order valence-electron chi connectivity index (χ2n) is 8.41. The minimum absolute atomic E-state index is 0.153. The molecule has 1 atom stereocenters. The van der Waals surface area contributed by atoms with E-state index < -0.39 is 37.0 Å². The molecule has 29 heavy (non-hydrogen) atoms. The zero-order chi connectivity index (χ0) is 23.2. The average Bonchev–Trinajstić information content (AvgIpc) is 2.83. The molecular weight excluding hydrogens is 442 g/mol. The van der Waals surface area contributed by atoms with Gasteiger partial charge in [-0.1, -0.05) is 47.6 Å². The van der Waals surface area contributed by atoms with Crippen molar-refractivity contribution in [1.82, 2.24) is 0 Å². The van der Waals surface area contributed by atoms with Gasteiger partial charge in [0.2, 0.25) is 0 Å². The predicted octanol–water partition coefficient (Wildman–Crippen LogP) is 6.71. The van der Waals surface area contributed by atoms with E-state index in [2.05, 4.69) is 0 Å². The number of hydrogen-bond donors (Lipinski definition) is 0. The largest absolute Gasteiger partial charge is 0.741 e. The Morgan fingerprint density at radius 1 is 0.828 bits per heavy atom. The highest BCUT2D eigenvalue weighted by Crippen LogP contribution is 2.54. The molecule has 1 heterocycles. The van der Waals surface area contributed by atoms with Crippen LogP contribution < -0.4 is 0 Å². The summed E-state index contributed by atoms with van der Waals surface area (Å²) < 4.78 is 100. The van der Waals surface area contributed by atoms with Crippen molar-refractivity contribution < 1.29 is 39.3 Å². The van der Waals surface area contributed by atoms with Crippen molar-refractivity contribution in [3.63, 3.8) is 0 Å². The maximum Gasteiger partial charge on any atom is 0.600 e. The van der Waals surface area contributed by atoms with E-state index in [1.54, 1.807) is 12.1 Å². The molecule has 0 saturated heterocycles. The molecule has 3 nitrogen and oxygen atoms in total. The Hall–Kier alpha value is -1.33. The first kappa shape index (κ1) is 25.7. The van der Waals surface area contributed by atoms with Gasteiger partial charge in [0.1, 0.15) is 0 Å². The van der Waals surface area contributed by atoms with E-state index in [1.807, 2.05) is 53.7 Å². The third-order valence-corrected chi connectivity index (χ3v) is 6.85. The fourth-order valence-electron chi connectivity index (χ4n) is 2.39. The van der Waals surface area contributed by atoms with Gasteiger partial charge in [0.15, 0.2) is 19.7 Å². The van der Waals surface area contributed by atoms with Gasteiger partial charge in [-0.3, -0.25) is 0 Å². The molecule has 1 aromatic carbocycles. The molecule has 0 radical (unpaired) electrons. The van der Waals surface area contributed by atoms with E-state index in [0.717, 1.165) is 5.56 Å². The van der Waals surface area contributed by atoms with Gasteiger partial charge >= 0.3 is 11.0 Å². The molecule has 2 aromatic rings. The van der Waals surface area contributed by atoms with Gasteiger partial charge in [0.05, 0.1) is 10.5 Å². The molecule has 0 aliphatic rings. The van der Waals surface area contributed by atoms with Crippen LogP contribution in [0.3, 0.4) is 0 Å². The summed E-state index contributed by atoms with van der Waals surface area (Å²) in [7, 11) is -7.90. The van der Waals surface area contributed by atoms with E-state index >= 15 is 0 Å². The van der Waals surface area contributed by atoms with E-state index in [0.29, 0.717) is 15.0 Å². The standard InChI is InChI=1S/C17H22F3S.CHF3O3S/c1-15(2,3)12-8-7-11-9-14(16(4,5)6)21(13(11)10-12)17(18,19)20;2-1(3,4)8(5,6)7/h7-10H,1-6H3;(H,5,6,7)/q+1;/p-1. The van der Waals surface area contributed by atoms with Crippen molar-refractivity contribution in [1.29, 1.82) is 0 Å². The van der Waals surface area contributed by atoms with Crippen molar-refractivity contribution in [2.75, 3.05) is 0 Å². The van der Waals surface area contributed by atoms with Gasteiger partial charge in [-0.05, 0) is 17.0 Å². The van der Waals surface area contributed by atoms with E-state index in [-0.39, 0.29) is 5.41 Å². The highest BCUT2D eigenvalue weighted by atomic mass is 32.2. The average molecular weight is 464 g/mol. The Bertz CT molecular complexity index is 972. The molecular formula is C18H22F6O3S2. The van der Waals surface area contributed by atoms with Crippen molar-refractivity contribution in [3.05, 3.63) is 34.7 Å². The highest BCUT2D eigenvalue weighted by molar-refractivity contribution is 7.86. The van der Waals surface area contributed by atoms with Gasteiger partial charge in [-0.15, -0.1) is 13.2 Å². The van der Waals surface area contributed by atoms with Crippen molar-refractivity contribution >= 4 is 30.7 Å². The normalized spacial score (nSPS) is 14.6. The van der Waals surface area contributed by atoms with E-state index in [9.17, 15) is 26.3 Å². The summed E-state index contributed by atoms with van der Waals surface area (Å²) in [6, 6.07) is 7.26. The molecule has 0 bridgehead atoms. The number of hydrogen-bond acceptors (Lipinski definition) is 3. The van der Waals surface area contributed by atoms with Crippen LogP contribution in [0.15, 0.2) is 24.3 Å². The first-order valence-electron chi connectivity index (χ1n) is 8.27. The summed E-state index contributed by atoms with van der Waals surface area (Å²) in [5.74, 6) is 0. The van der Waals surface area contributed by atoms with Crippen molar-refractivity contribution in [3.8, 4) is 0 Å². The fourth-order valence-corrected chi connectivity index (χ4v) is 4.59. The Morgan fingerprint density at radius 2 is 1.28 bits per heavy atom. The van der Waals surface area contributed by atoms with Crippen LogP contribution in [0, 0.1) is 0 Å². The SMILES string of the molecule is CC(C)(C)c1ccc2cc(C(C)(C)C)[s+](C(F)(F)F)c2c1.O=S(=O)([O-])C(F)(F)F. The van der Waals surface area contributed by atoms with Gasteiger partial charge in [-0.25, -0.2) is 8.42 Å². The maximum absolute atomic E-state index is 13.6. The lowest BCUT2D eigenvalue weighted by atomic mass is 9.87. The summed E-state index contributed by atoms with van der Waals surface area (Å²) in [5.41, 5.74) is -9.56. The van der Waals surface area contributed by atoms with Crippen molar-refractivity contribution in [2.24, 2.45) is 0 Å². The molecule has 0 spiro atoms. The predicted molar refractivity (Wildman–Crippen MR) is 101 cm³/mol. The zero-order valence-electron chi connectivity index (χ0n) is 16.6. The summed E-state index contributed by atoms with van der Waals surface area (Å²) in [6.07, 6.45) is 0. The van der Waals surface area contributed by atoms with Crippen LogP contribution >= 0.6 is 10.5 Å². The summed E-state index contributed by atoms with van der Waals surface area (Å²) in [6.45, 7) is 11.6. The minimum Gasteiger partial charge on any atom is -0.741 e. The molecule has 1 aromatic heterocycles. The van der Waals surface area contributed by atoms with Crippen LogP contribution in [0.25, 0.3) is 10.1 Å². The Labute approximate surface area is 168 Å². The van der Waals surface area contributed by atoms with Gasteiger partial charge in [0.25, 0.3) is 0 Å². The number of thiophene rings is 1. The lowest BCUT2D eigenvalue weighted by Gasteiger charge is -2.18. The second kappa shape index (κ2) is 7.73. The molecule has 0 aliphatic heterocycles. The Morgan fingerprint density at radius 3 is 1.59 bits per heavy atom. The zero-order valence-corrected chi connectivity index (χ0v) is 18.3. The number of alkyl halides is 6. The maximum atomic E-state index is 13.6. The van der Waals surface area contributed by atoms with E-state index in [1.165, 1.54) is 0 Å². The molecule has 11 heteroatoms. The quantitative estimate of drug-likeness (QED) is 0.188. The van der Waals surface area contributed by atoms with Crippen molar-refractivity contribution in [2.45, 2.75) is 63.4 Å². The molecule has 2 rings (SSSR count). The number of rotatable bonds is 0. The molecule has 166 valence electrons. The van der Waals surface area contributed by atoms with Gasteiger partial charge in [0, 0.05) is 22.9 Å². The number of fused-ring (bicyclic) bond motifs is 1. The van der Waals surface area contributed by atoms with Gasteiger partial charge in [-0.2, -0.15) is 13.2 Å². The Kier molecular flexibility index (Phi) is 6.86. The van der Waals surface area contributed by atoms with Gasteiger partial charge < -0.3 is 4.55 Å². The topological polar surface area (TPSA) is 57.2 Å². The highest BCUT2D eigenvalue weighted by Gasteiger charge is 2.50. The second-order valence-corrected chi connectivity index (χ2v) is 11.7. The smallest absolute Gasteiger partial charge is 0.600 e. The number of benzene rings is 1. The third kappa shape index (κ3) is 6.32. The summed E-state index contributed by atoms with van der Waals surface area (Å²) >= 11 is 0. The third-order valence-electron chi connectivity index (χ3n) is 3.86. The first-order valence-corrected chi connectivity index (χ1v) is 10.9. The lowest BCUT2D eigenvalue weighted by Crippen LogP contribution is -2.21.